The molecule has 3 atom stereocenters. The quantitative estimate of drug-likeness (QED) is 0.456. The van der Waals surface area contributed by atoms with E-state index in [0.717, 1.165) is 11.8 Å². The predicted molar refractivity (Wildman–Crippen MR) is 76.4 cm³/mol. The van der Waals surface area contributed by atoms with E-state index < -0.39 is 22.0 Å². The number of rotatable bonds is 5. The van der Waals surface area contributed by atoms with E-state index in [9.17, 15) is 8.42 Å². The third kappa shape index (κ3) is 2.56. The van der Waals surface area contributed by atoms with Gasteiger partial charge in [0.05, 0.1) is 6.26 Å². The Bertz CT molecular complexity index is 682. The minimum atomic E-state index is -3.57. The van der Waals surface area contributed by atoms with E-state index in [-0.39, 0.29) is 18.0 Å². The van der Waals surface area contributed by atoms with E-state index in [1.54, 1.807) is 26.4 Å². The summed E-state index contributed by atoms with van der Waals surface area (Å²) in [6.07, 6.45) is 0.00345. The van der Waals surface area contributed by atoms with Gasteiger partial charge in [-0.05, 0) is 25.1 Å². The lowest BCUT2D eigenvalue weighted by Crippen LogP contribution is -2.53. The average molecular weight is 330 g/mol. The highest BCUT2D eigenvalue weighted by Crippen LogP contribution is 2.55. The maximum Gasteiger partial charge on any atom is 0.306 e. The zero-order valence-electron chi connectivity index (χ0n) is 12.7. The second-order valence-corrected chi connectivity index (χ2v) is 7.13. The molecule has 0 aromatic heterocycles. The van der Waals surface area contributed by atoms with E-state index in [1.807, 2.05) is 6.92 Å². The lowest BCUT2D eigenvalue weighted by atomic mass is 9.92. The Balaban J connectivity index is 1.92. The molecule has 0 amide bonds. The van der Waals surface area contributed by atoms with Crippen LogP contribution in [0.25, 0.3) is 0 Å². The van der Waals surface area contributed by atoms with Crippen LogP contribution in [0.3, 0.4) is 0 Å². The molecule has 2 aliphatic heterocycles. The summed E-state index contributed by atoms with van der Waals surface area (Å²) >= 11 is 0. The zero-order chi connectivity index (χ0) is 16.1. The lowest BCUT2D eigenvalue weighted by molar-refractivity contribution is -0.205. The summed E-state index contributed by atoms with van der Waals surface area (Å²) in [7, 11) is -0.493. The van der Waals surface area contributed by atoms with Crippen molar-refractivity contribution < 1.29 is 31.5 Å². The monoisotopic (exact) mass is 330 g/mol. The van der Waals surface area contributed by atoms with E-state index in [4.69, 9.17) is 23.1 Å². The largest absolute Gasteiger partial charge is 0.479 e. The first kappa shape index (κ1) is 15.5. The zero-order valence-corrected chi connectivity index (χ0v) is 13.5. The Hall–Kier alpha value is -1.35. The number of fused-ring (bicyclic) bond motifs is 3. The van der Waals surface area contributed by atoms with Crippen molar-refractivity contribution in [2.24, 2.45) is 0 Å². The molecule has 1 aromatic rings. The Morgan fingerprint density at radius 1 is 1.27 bits per heavy atom. The van der Waals surface area contributed by atoms with Gasteiger partial charge in [0.1, 0.15) is 23.7 Å². The second-order valence-electron chi connectivity index (χ2n) is 5.55. The fraction of sp³-hybridized carbons (Fsp3) is 0.571. The molecule has 7 nitrogen and oxygen atoms in total. The highest BCUT2D eigenvalue weighted by molar-refractivity contribution is 7.86. The first-order valence-electron chi connectivity index (χ1n) is 6.72. The van der Waals surface area contributed by atoms with Crippen LogP contribution < -0.4 is 8.92 Å². The van der Waals surface area contributed by atoms with Gasteiger partial charge in [-0.1, -0.05) is 0 Å². The van der Waals surface area contributed by atoms with E-state index in [1.165, 1.54) is 6.07 Å². The second kappa shape index (κ2) is 5.09. The highest BCUT2D eigenvalue weighted by atomic mass is 32.2. The van der Waals surface area contributed by atoms with Crippen molar-refractivity contribution in [2.45, 2.75) is 31.0 Å². The molecule has 2 heterocycles. The van der Waals surface area contributed by atoms with E-state index in [0.29, 0.717) is 5.75 Å². The van der Waals surface area contributed by atoms with Crippen molar-refractivity contribution in [1.29, 1.82) is 0 Å². The summed E-state index contributed by atoms with van der Waals surface area (Å²) < 4.78 is 49.7. The van der Waals surface area contributed by atoms with E-state index in [2.05, 4.69) is 0 Å². The number of ether oxygens (including phenoxy) is 4. The predicted octanol–water partition coefficient (Wildman–Crippen LogP) is 1.23. The first-order chi connectivity index (χ1) is 10.3. The summed E-state index contributed by atoms with van der Waals surface area (Å²) in [4.78, 5) is 0. The van der Waals surface area contributed by atoms with Crippen LogP contribution in [0.4, 0.5) is 0 Å². The molecule has 0 radical (unpaired) electrons. The van der Waals surface area contributed by atoms with Gasteiger partial charge in [-0.15, -0.1) is 0 Å². The van der Waals surface area contributed by atoms with Crippen molar-refractivity contribution >= 4 is 10.1 Å². The maximum atomic E-state index is 11.2. The summed E-state index contributed by atoms with van der Waals surface area (Å²) in [6.45, 7) is 1.86. The van der Waals surface area contributed by atoms with Crippen LogP contribution >= 0.6 is 0 Å². The van der Waals surface area contributed by atoms with Crippen LogP contribution in [-0.2, 0) is 24.3 Å². The first-order valence-corrected chi connectivity index (χ1v) is 8.53. The molecule has 122 valence electrons. The molecule has 0 saturated carbocycles. The van der Waals surface area contributed by atoms with Crippen LogP contribution in [0, 0.1) is 0 Å². The van der Waals surface area contributed by atoms with Gasteiger partial charge >= 0.3 is 10.1 Å². The molecule has 8 heteroatoms. The Morgan fingerprint density at radius 3 is 2.55 bits per heavy atom. The topological polar surface area (TPSA) is 83.6 Å². The molecule has 1 unspecified atom stereocenters. The summed E-state index contributed by atoms with van der Waals surface area (Å²) in [6, 6.07) is 4.82. The lowest BCUT2D eigenvalue weighted by Gasteiger charge is -2.37. The van der Waals surface area contributed by atoms with Crippen LogP contribution in [0.15, 0.2) is 18.2 Å². The fourth-order valence-electron chi connectivity index (χ4n) is 2.89. The molecule has 0 aliphatic carbocycles. The third-order valence-electron chi connectivity index (χ3n) is 3.82. The van der Waals surface area contributed by atoms with Crippen LogP contribution in [-0.4, -0.2) is 46.9 Å². The standard InChI is InChI=1S/C14H18O7S/c1-14(13(17-2)18-3)12-11(19-12)9-7-8(21-22(4,15)16)5-6-10(9)20-14/h5-7,11-13H,1-4H3/t11-,12-,14?/m0/s1. The SMILES string of the molecule is COC(OC)C1(C)Oc2ccc(OS(C)(=O)=O)cc2[C@@H]2O[C@@H]21. The third-order valence-corrected chi connectivity index (χ3v) is 4.31. The summed E-state index contributed by atoms with van der Waals surface area (Å²) in [5.74, 6) is 0.832. The Morgan fingerprint density at radius 2 is 1.95 bits per heavy atom. The smallest absolute Gasteiger partial charge is 0.306 e. The van der Waals surface area contributed by atoms with Gasteiger partial charge in [0.15, 0.2) is 11.9 Å². The van der Waals surface area contributed by atoms with Crippen LogP contribution in [0.2, 0.25) is 0 Å². The van der Waals surface area contributed by atoms with Gasteiger partial charge in [-0.25, -0.2) is 0 Å². The molecular formula is C14H18O7S. The Labute approximate surface area is 129 Å². The van der Waals surface area contributed by atoms with Crippen molar-refractivity contribution in [1.82, 2.24) is 0 Å². The van der Waals surface area contributed by atoms with Gasteiger partial charge < -0.3 is 23.1 Å². The number of hydrogen-bond donors (Lipinski definition) is 0. The molecule has 2 aliphatic rings. The van der Waals surface area contributed by atoms with Gasteiger partial charge in [0, 0.05) is 19.8 Å². The van der Waals surface area contributed by atoms with E-state index >= 15 is 0 Å². The number of benzene rings is 1. The van der Waals surface area contributed by atoms with Crippen LogP contribution in [0.5, 0.6) is 11.5 Å². The molecule has 0 spiro atoms. The summed E-state index contributed by atoms with van der Waals surface area (Å²) in [5.41, 5.74) is -0.0185. The van der Waals surface area contributed by atoms with Gasteiger partial charge in [-0.3, -0.25) is 0 Å². The normalized spacial score (nSPS) is 29.5. The molecule has 3 rings (SSSR count). The number of epoxide rings is 1. The molecule has 0 bridgehead atoms. The fourth-order valence-corrected chi connectivity index (χ4v) is 3.35. The average Bonchev–Trinajstić information content (AvgIpc) is 3.21. The molecule has 1 fully saturated rings. The van der Waals surface area contributed by atoms with Crippen LogP contribution in [0.1, 0.15) is 18.6 Å². The number of hydrogen-bond acceptors (Lipinski definition) is 7. The van der Waals surface area contributed by atoms with Crippen molar-refractivity contribution in [3.63, 3.8) is 0 Å². The van der Waals surface area contributed by atoms with Gasteiger partial charge in [0.25, 0.3) is 0 Å². The van der Waals surface area contributed by atoms with Gasteiger partial charge in [-0.2, -0.15) is 8.42 Å². The van der Waals surface area contributed by atoms with Crippen molar-refractivity contribution in [3.05, 3.63) is 23.8 Å². The van der Waals surface area contributed by atoms with Gasteiger partial charge in [0.2, 0.25) is 0 Å². The molecule has 22 heavy (non-hydrogen) atoms. The number of methoxy groups -OCH3 is 2. The van der Waals surface area contributed by atoms with Crippen molar-refractivity contribution in [3.8, 4) is 11.5 Å². The van der Waals surface area contributed by atoms with Crippen molar-refractivity contribution in [2.75, 3.05) is 20.5 Å². The minimum Gasteiger partial charge on any atom is -0.479 e. The molecule has 0 N–H and O–H groups in total. The molecule has 1 aromatic carbocycles. The Kier molecular flexibility index (Phi) is 3.59. The molecular weight excluding hydrogens is 312 g/mol. The summed E-state index contributed by atoms with van der Waals surface area (Å²) in [5, 5.41) is 0. The maximum absolute atomic E-state index is 11.2. The highest BCUT2D eigenvalue weighted by Gasteiger charge is 2.63. The molecule has 1 saturated heterocycles. The minimum absolute atomic E-state index is 0.190.